The summed E-state index contributed by atoms with van der Waals surface area (Å²) in [6, 6.07) is 14.3. The molecule has 1 saturated heterocycles. The van der Waals surface area contributed by atoms with Crippen molar-refractivity contribution < 1.29 is 0 Å². The van der Waals surface area contributed by atoms with Crippen LogP contribution in [0.3, 0.4) is 0 Å². The number of nitrogens with zero attached hydrogens (tertiary/aromatic N) is 3. The van der Waals surface area contributed by atoms with Gasteiger partial charge in [0, 0.05) is 43.5 Å². The number of amidine groups is 1. The van der Waals surface area contributed by atoms with Gasteiger partial charge in [-0.3, -0.25) is 4.42 Å². The molecular formula is C18H19ClN4. The minimum absolute atomic E-state index is 0.909. The van der Waals surface area contributed by atoms with E-state index in [9.17, 15) is 0 Å². The number of aliphatic imine (C=N–C) groups is 1. The van der Waals surface area contributed by atoms with E-state index >= 15 is 0 Å². The Hall–Kier alpha value is -2.04. The number of nitrogens with one attached hydrogen (secondary N) is 1. The lowest BCUT2D eigenvalue weighted by Crippen LogP contribution is -2.46. The van der Waals surface area contributed by atoms with E-state index in [1.54, 1.807) is 4.42 Å². The number of para-hydroxylation sites is 3. The number of rotatable bonds is 0. The van der Waals surface area contributed by atoms with Gasteiger partial charge in [-0.1, -0.05) is 24.3 Å². The topological polar surface area (TPSA) is 30.9 Å². The highest BCUT2D eigenvalue weighted by Gasteiger charge is 2.27. The number of hydrogen-bond donors (Lipinski definition) is 1. The molecule has 0 saturated carbocycles. The number of fused-ring (bicyclic) bond motifs is 2. The van der Waals surface area contributed by atoms with Crippen molar-refractivity contribution in [2.24, 2.45) is 4.99 Å². The van der Waals surface area contributed by atoms with Crippen molar-refractivity contribution in [3.8, 4) is 0 Å². The van der Waals surface area contributed by atoms with Crippen LogP contribution in [-0.4, -0.2) is 36.9 Å². The highest BCUT2D eigenvalue weighted by atomic mass is 35.5. The first-order valence-electron chi connectivity index (χ1n) is 7.95. The van der Waals surface area contributed by atoms with Crippen molar-refractivity contribution in [2.75, 3.05) is 30.6 Å². The maximum absolute atomic E-state index is 6.72. The average molecular weight is 327 g/mol. The summed E-state index contributed by atoms with van der Waals surface area (Å²) in [5, 5.41) is 3.40. The van der Waals surface area contributed by atoms with Gasteiger partial charge < -0.3 is 10.2 Å². The number of halogens is 1. The summed E-state index contributed by atoms with van der Waals surface area (Å²) in [7, 11) is 0. The SMILES string of the molecule is Cc1cccc2c1N(Cl)c1ccccc1N=C2N1CCNCC1. The number of benzene rings is 2. The number of anilines is 2. The van der Waals surface area contributed by atoms with Gasteiger partial charge >= 0.3 is 0 Å². The Morgan fingerprint density at radius 1 is 1.04 bits per heavy atom. The molecule has 2 aliphatic rings. The Morgan fingerprint density at radius 3 is 2.65 bits per heavy atom. The summed E-state index contributed by atoms with van der Waals surface area (Å²) in [6.07, 6.45) is 0. The molecular weight excluding hydrogens is 308 g/mol. The third kappa shape index (κ3) is 2.48. The Bertz CT molecular complexity index is 765. The first-order valence-corrected chi connectivity index (χ1v) is 8.29. The molecule has 23 heavy (non-hydrogen) atoms. The second-order valence-electron chi connectivity index (χ2n) is 5.91. The van der Waals surface area contributed by atoms with Gasteiger partial charge in [0.05, 0.1) is 17.1 Å². The molecule has 1 N–H and O–H groups in total. The van der Waals surface area contributed by atoms with E-state index in [2.05, 4.69) is 35.3 Å². The van der Waals surface area contributed by atoms with Crippen molar-refractivity contribution in [1.82, 2.24) is 10.2 Å². The third-order valence-electron chi connectivity index (χ3n) is 4.41. The van der Waals surface area contributed by atoms with Gasteiger partial charge in [0.1, 0.15) is 5.84 Å². The van der Waals surface area contributed by atoms with Gasteiger partial charge in [0.25, 0.3) is 0 Å². The molecule has 2 aromatic carbocycles. The third-order valence-corrected chi connectivity index (χ3v) is 4.76. The molecule has 0 radical (unpaired) electrons. The fourth-order valence-electron chi connectivity index (χ4n) is 3.24. The molecule has 0 atom stereocenters. The second-order valence-corrected chi connectivity index (χ2v) is 6.25. The molecule has 0 aromatic heterocycles. The van der Waals surface area contributed by atoms with E-state index in [0.717, 1.165) is 60.2 Å². The standard InChI is InChI=1S/C18H19ClN4/c1-13-5-4-6-14-17(13)23(19)16-8-3-2-7-15(16)21-18(14)22-11-9-20-10-12-22/h2-8,20H,9-12H2,1H3. The summed E-state index contributed by atoms with van der Waals surface area (Å²) < 4.78 is 1.75. The lowest BCUT2D eigenvalue weighted by Gasteiger charge is -2.31. The van der Waals surface area contributed by atoms with Gasteiger partial charge in [-0.25, -0.2) is 4.99 Å². The minimum Gasteiger partial charge on any atom is -0.353 e. The molecule has 0 unspecified atom stereocenters. The molecule has 2 aromatic rings. The van der Waals surface area contributed by atoms with Crippen molar-refractivity contribution in [1.29, 1.82) is 0 Å². The average Bonchev–Trinajstić information content (AvgIpc) is 2.72. The number of piperazine rings is 1. The van der Waals surface area contributed by atoms with Crippen LogP contribution in [0.25, 0.3) is 0 Å². The predicted octanol–water partition coefficient (Wildman–Crippen LogP) is 3.58. The van der Waals surface area contributed by atoms with E-state index in [-0.39, 0.29) is 0 Å². The Morgan fingerprint density at radius 2 is 1.83 bits per heavy atom. The smallest absolute Gasteiger partial charge is 0.138 e. The predicted molar refractivity (Wildman–Crippen MR) is 96.3 cm³/mol. The first-order chi connectivity index (χ1) is 11.3. The van der Waals surface area contributed by atoms with Crippen LogP contribution in [0, 0.1) is 6.92 Å². The summed E-state index contributed by atoms with van der Waals surface area (Å²) in [5.74, 6) is 1.01. The van der Waals surface area contributed by atoms with Gasteiger partial charge in [-0.05, 0) is 30.7 Å². The molecule has 0 spiro atoms. The molecule has 4 nitrogen and oxygen atoms in total. The van der Waals surface area contributed by atoms with E-state index < -0.39 is 0 Å². The highest BCUT2D eigenvalue weighted by Crippen LogP contribution is 2.42. The van der Waals surface area contributed by atoms with Gasteiger partial charge in [-0.2, -0.15) is 0 Å². The quantitative estimate of drug-likeness (QED) is 0.751. The van der Waals surface area contributed by atoms with E-state index in [4.69, 9.17) is 16.8 Å². The zero-order chi connectivity index (χ0) is 15.8. The molecule has 0 amide bonds. The van der Waals surface area contributed by atoms with Crippen LogP contribution >= 0.6 is 11.8 Å². The zero-order valence-corrected chi connectivity index (χ0v) is 13.8. The molecule has 0 aliphatic carbocycles. The maximum atomic E-state index is 6.72. The van der Waals surface area contributed by atoms with Crippen LogP contribution in [-0.2, 0) is 0 Å². The van der Waals surface area contributed by atoms with Gasteiger partial charge in [0.2, 0.25) is 0 Å². The Labute approximate surface area is 141 Å². The lowest BCUT2D eigenvalue weighted by molar-refractivity contribution is 0.358. The fraction of sp³-hybridized carbons (Fsp3) is 0.278. The largest absolute Gasteiger partial charge is 0.353 e. The zero-order valence-electron chi connectivity index (χ0n) is 13.1. The number of hydrogen-bond acceptors (Lipinski definition) is 4. The normalized spacial score (nSPS) is 17.2. The monoisotopic (exact) mass is 326 g/mol. The van der Waals surface area contributed by atoms with E-state index in [1.165, 1.54) is 0 Å². The van der Waals surface area contributed by atoms with Crippen molar-refractivity contribution in [3.63, 3.8) is 0 Å². The molecule has 118 valence electrons. The molecule has 1 fully saturated rings. The lowest BCUT2D eigenvalue weighted by atomic mass is 10.1. The highest BCUT2D eigenvalue weighted by molar-refractivity contribution is 6.32. The fourth-order valence-corrected chi connectivity index (χ4v) is 3.60. The van der Waals surface area contributed by atoms with Crippen LogP contribution in [0.5, 0.6) is 0 Å². The van der Waals surface area contributed by atoms with E-state index in [0.29, 0.717) is 0 Å². The maximum Gasteiger partial charge on any atom is 0.138 e. The molecule has 0 bridgehead atoms. The van der Waals surface area contributed by atoms with Gasteiger partial charge in [0.15, 0.2) is 0 Å². The second kappa shape index (κ2) is 5.87. The van der Waals surface area contributed by atoms with Crippen LogP contribution in [0.1, 0.15) is 11.1 Å². The summed E-state index contributed by atoms with van der Waals surface area (Å²) in [4.78, 5) is 7.33. The minimum atomic E-state index is 0.909. The van der Waals surface area contributed by atoms with Gasteiger partial charge in [-0.15, -0.1) is 0 Å². The van der Waals surface area contributed by atoms with Crippen molar-refractivity contribution >= 4 is 34.7 Å². The Kier molecular flexibility index (Phi) is 3.71. The molecule has 2 aliphatic heterocycles. The molecule has 4 rings (SSSR count). The Balaban J connectivity index is 1.95. The van der Waals surface area contributed by atoms with Crippen LogP contribution in [0.4, 0.5) is 17.1 Å². The van der Waals surface area contributed by atoms with Crippen LogP contribution in [0.15, 0.2) is 47.5 Å². The van der Waals surface area contributed by atoms with Crippen molar-refractivity contribution in [3.05, 3.63) is 53.6 Å². The summed E-state index contributed by atoms with van der Waals surface area (Å²) >= 11 is 6.72. The summed E-state index contributed by atoms with van der Waals surface area (Å²) in [5.41, 5.74) is 5.10. The number of aryl methyl sites for hydroxylation is 1. The van der Waals surface area contributed by atoms with Crippen LogP contribution < -0.4 is 9.74 Å². The van der Waals surface area contributed by atoms with Crippen molar-refractivity contribution in [2.45, 2.75) is 6.92 Å². The summed E-state index contributed by atoms with van der Waals surface area (Å²) in [6.45, 7) is 5.96. The van der Waals surface area contributed by atoms with E-state index in [1.807, 2.05) is 24.3 Å². The van der Waals surface area contributed by atoms with Crippen LogP contribution in [0.2, 0.25) is 0 Å². The molecule has 2 heterocycles. The first kappa shape index (κ1) is 14.5. The molecule has 5 heteroatoms.